The van der Waals surface area contributed by atoms with Crippen molar-refractivity contribution in [3.63, 3.8) is 0 Å². The topological polar surface area (TPSA) is 60.9 Å². The lowest BCUT2D eigenvalue weighted by atomic mass is 9.68. The Morgan fingerprint density at radius 1 is 1.13 bits per heavy atom. The fraction of sp³-hybridized carbons (Fsp3) is 0.522. The molecule has 1 N–H and O–H groups in total. The highest BCUT2D eigenvalue weighted by Gasteiger charge is 2.38. The van der Waals surface area contributed by atoms with E-state index in [1.165, 1.54) is 62.5 Å². The minimum Gasteiger partial charge on any atom is -0.480 e. The van der Waals surface area contributed by atoms with Crippen LogP contribution in [0.5, 0.6) is 0 Å². The number of hydrogen-bond donors (Lipinski definition) is 1. The Labute approximate surface area is 187 Å². The number of thioether (sulfide) groups is 1. The number of benzene rings is 1. The highest BCUT2D eigenvalue weighted by atomic mass is 32.2. The summed E-state index contributed by atoms with van der Waals surface area (Å²) >= 11 is 6.38. The molecule has 2 aliphatic heterocycles. The molecule has 160 valence electrons. The average Bonchev–Trinajstić information content (AvgIpc) is 3.02. The van der Waals surface area contributed by atoms with Crippen LogP contribution in [-0.4, -0.2) is 45.3 Å². The predicted molar refractivity (Wildman–Crippen MR) is 126 cm³/mol. The summed E-state index contributed by atoms with van der Waals surface area (Å²) in [7, 11) is 0. The Balaban J connectivity index is 1.41. The van der Waals surface area contributed by atoms with Gasteiger partial charge in [-0.05, 0) is 61.8 Å². The van der Waals surface area contributed by atoms with Gasteiger partial charge in [0.15, 0.2) is 0 Å². The van der Waals surface area contributed by atoms with E-state index in [4.69, 9.17) is 12.2 Å². The quantitative estimate of drug-likeness (QED) is 0.526. The zero-order valence-electron chi connectivity index (χ0n) is 17.3. The summed E-state index contributed by atoms with van der Waals surface area (Å²) in [5, 5.41) is 9.20. The zero-order valence-corrected chi connectivity index (χ0v) is 18.9. The van der Waals surface area contributed by atoms with E-state index in [0.29, 0.717) is 14.6 Å². The van der Waals surface area contributed by atoms with Gasteiger partial charge in [-0.25, -0.2) is 4.79 Å². The van der Waals surface area contributed by atoms with Crippen molar-refractivity contribution in [2.45, 2.75) is 57.9 Å². The fourth-order valence-corrected chi connectivity index (χ4v) is 6.32. The van der Waals surface area contributed by atoms with Crippen LogP contribution in [0.1, 0.15) is 57.4 Å². The van der Waals surface area contributed by atoms with Crippen LogP contribution in [0.15, 0.2) is 29.2 Å². The highest BCUT2D eigenvalue weighted by molar-refractivity contribution is 8.26. The molecule has 1 aliphatic carbocycles. The number of amides is 1. The van der Waals surface area contributed by atoms with Crippen molar-refractivity contribution in [2.24, 2.45) is 5.41 Å². The summed E-state index contributed by atoms with van der Waals surface area (Å²) in [6, 6.07) is 7.31. The van der Waals surface area contributed by atoms with E-state index in [1.807, 2.05) is 12.1 Å². The summed E-state index contributed by atoms with van der Waals surface area (Å²) in [5.41, 5.74) is 2.74. The summed E-state index contributed by atoms with van der Waals surface area (Å²) in [5.74, 6) is -1.40. The number of carbonyl (C=O) groups excluding carboxylic acids is 1. The van der Waals surface area contributed by atoms with Gasteiger partial charge in [0, 0.05) is 18.8 Å². The fourth-order valence-electron chi connectivity index (χ4n) is 4.90. The second-order valence-electron chi connectivity index (χ2n) is 8.71. The lowest BCUT2D eigenvalue weighted by Crippen LogP contribution is -2.41. The van der Waals surface area contributed by atoms with Crippen LogP contribution in [0.2, 0.25) is 0 Å². The number of nitrogens with zero attached hydrogens (tertiary/aromatic N) is 2. The van der Waals surface area contributed by atoms with Crippen molar-refractivity contribution < 1.29 is 14.7 Å². The minimum atomic E-state index is -1.06. The van der Waals surface area contributed by atoms with Gasteiger partial charge in [0.2, 0.25) is 0 Å². The van der Waals surface area contributed by atoms with Crippen LogP contribution in [0.25, 0.3) is 6.08 Å². The SMILES string of the molecule is CC(C(=O)O)N1C(=O)/C(=C/c2ccc(N3CCC4(CCCCC4)CC3)cc2)SC1=S. The number of piperidine rings is 1. The number of anilines is 1. The molecule has 2 saturated heterocycles. The van der Waals surface area contributed by atoms with Crippen molar-refractivity contribution in [1.82, 2.24) is 4.90 Å². The Morgan fingerprint density at radius 2 is 1.77 bits per heavy atom. The third kappa shape index (κ3) is 4.28. The minimum absolute atomic E-state index is 0.294. The molecular weight excluding hydrogens is 416 g/mol. The maximum atomic E-state index is 12.6. The second-order valence-corrected chi connectivity index (χ2v) is 10.4. The van der Waals surface area contributed by atoms with Crippen molar-refractivity contribution in [3.8, 4) is 0 Å². The third-order valence-corrected chi connectivity index (χ3v) is 8.19. The molecule has 3 fully saturated rings. The zero-order chi connectivity index (χ0) is 21.3. The molecule has 1 unspecified atom stereocenters. The molecule has 1 aromatic rings. The number of rotatable bonds is 4. The van der Waals surface area contributed by atoms with Crippen LogP contribution >= 0.6 is 24.0 Å². The van der Waals surface area contributed by atoms with Gasteiger partial charge in [-0.2, -0.15) is 0 Å². The average molecular weight is 445 g/mol. The first-order valence-corrected chi connectivity index (χ1v) is 12.0. The van der Waals surface area contributed by atoms with E-state index in [-0.39, 0.29) is 5.91 Å². The maximum absolute atomic E-state index is 12.6. The van der Waals surface area contributed by atoms with E-state index in [2.05, 4.69) is 17.0 Å². The van der Waals surface area contributed by atoms with Gasteiger partial charge in [0.05, 0.1) is 4.91 Å². The molecular formula is C23H28N2O3S2. The normalized spacial score (nSPS) is 24.0. The number of carboxylic acid groups (broad SMARTS) is 1. The van der Waals surface area contributed by atoms with Gasteiger partial charge >= 0.3 is 5.97 Å². The van der Waals surface area contributed by atoms with Gasteiger partial charge in [-0.3, -0.25) is 9.69 Å². The van der Waals surface area contributed by atoms with Crippen LogP contribution in [0.4, 0.5) is 5.69 Å². The first-order valence-electron chi connectivity index (χ1n) is 10.7. The second kappa shape index (κ2) is 8.71. The van der Waals surface area contributed by atoms with E-state index in [0.717, 1.165) is 30.4 Å². The smallest absolute Gasteiger partial charge is 0.326 e. The molecule has 30 heavy (non-hydrogen) atoms. The van der Waals surface area contributed by atoms with E-state index >= 15 is 0 Å². The van der Waals surface area contributed by atoms with Gasteiger partial charge < -0.3 is 10.0 Å². The monoisotopic (exact) mass is 444 g/mol. The number of thiocarbonyl (C=S) groups is 1. The number of aliphatic carboxylic acids is 1. The molecule has 7 heteroatoms. The molecule has 1 spiro atoms. The molecule has 0 aromatic heterocycles. The van der Waals surface area contributed by atoms with Crippen molar-refractivity contribution in [1.29, 1.82) is 0 Å². The molecule has 1 amide bonds. The van der Waals surface area contributed by atoms with Crippen LogP contribution in [0.3, 0.4) is 0 Å². The molecule has 1 atom stereocenters. The molecule has 2 heterocycles. The Kier molecular flexibility index (Phi) is 6.21. The maximum Gasteiger partial charge on any atom is 0.326 e. The largest absolute Gasteiger partial charge is 0.480 e. The van der Waals surface area contributed by atoms with Gasteiger partial charge in [0.25, 0.3) is 5.91 Å². The number of carbonyl (C=O) groups is 2. The lowest BCUT2D eigenvalue weighted by Gasteiger charge is -2.45. The molecule has 3 aliphatic rings. The summed E-state index contributed by atoms with van der Waals surface area (Å²) in [6.07, 6.45) is 11.4. The van der Waals surface area contributed by atoms with E-state index < -0.39 is 12.0 Å². The Morgan fingerprint density at radius 3 is 2.37 bits per heavy atom. The number of hydrogen-bond acceptors (Lipinski definition) is 5. The van der Waals surface area contributed by atoms with E-state index in [1.54, 1.807) is 6.08 Å². The third-order valence-electron chi connectivity index (χ3n) is 6.86. The van der Waals surface area contributed by atoms with Gasteiger partial charge in [-0.1, -0.05) is 55.4 Å². The predicted octanol–water partition coefficient (Wildman–Crippen LogP) is 4.91. The van der Waals surface area contributed by atoms with Gasteiger partial charge in [-0.15, -0.1) is 0 Å². The standard InChI is InChI=1S/C23H28N2O3S2/c1-16(21(27)28)25-20(26)19(30-22(25)29)15-17-5-7-18(8-6-17)24-13-11-23(12-14-24)9-3-2-4-10-23/h5-8,15-16H,2-4,9-14H2,1H3,(H,27,28)/b19-15-. The first-order chi connectivity index (χ1) is 14.4. The van der Waals surface area contributed by atoms with Gasteiger partial charge in [0.1, 0.15) is 10.4 Å². The summed E-state index contributed by atoms with van der Waals surface area (Å²) in [4.78, 5) is 28.0. The molecule has 0 bridgehead atoms. The Bertz CT molecular complexity index is 865. The molecule has 0 radical (unpaired) electrons. The van der Waals surface area contributed by atoms with Crippen molar-refractivity contribution >= 4 is 51.9 Å². The van der Waals surface area contributed by atoms with Crippen LogP contribution < -0.4 is 4.90 Å². The molecule has 1 aromatic carbocycles. The van der Waals surface area contributed by atoms with E-state index in [9.17, 15) is 14.7 Å². The Hall–Kier alpha value is -1.86. The van der Waals surface area contributed by atoms with Crippen LogP contribution in [0, 0.1) is 5.41 Å². The molecule has 4 rings (SSSR count). The highest BCUT2D eigenvalue weighted by Crippen LogP contribution is 2.45. The summed E-state index contributed by atoms with van der Waals surface area (Å²) in [6.45, 7) is 3.71. The van der Waals surface area contributed by atoms with Crippen LogP contribution in [-0.2, 0) is 9.59 Å². The van der Waals surface area contributed by atoms with Crippen molar-refractivity contribution in [3.05, 3.63) is 34.7 Å². The summed E-state index contributed by atoms with van der Waals surface area (Å²) < 4.78 is 0.294. The molecule has 5 nitrogen and oxygen atoms in total. The molecule has 1 saturated carbocycles. The number of carboxylic acids is 1. The first kappa shape index (κ1) is 21.4. The lowest BCUT2D eigenvalue weighted by molar-refractivity contribution is -0.144. The van der Waals surface area contributed by atoms with Crippen molar-refractivity contribution in [2.75, 3.05) is 18.0 Å².